The molecule has 0 bridgehead atoms. The highest BCUT2D eigenvalue weighted by molar-refractivity contribution is 7.19. The Bertz CT molecular complexity index is 626. The first kappa shape index (κ1) is 9.29. The van der Waals surface area contributed by atoms with Gasteiger partial charge in [-0.1, -0.05) is 11.3 Å². The summed E-state index contributed by atoms with van der Waals surface area (Å²) >= 11 is 1.51. The summed E-state index contributed by atoms with van der Waals surface area (Å²) in [5.74, 6) is 0. The van der Waals surface area contributed by atoms with Gasteiger partial charge in [-0.2, -0.15) is 9.61 Å². The van der Waals surface area contributed by atoms with Crippen LogP contribution < -0.4 is 5.73 Å². The van der Waals surface area contributed by atoms with Crippen LogP contribution in [-0.4, -0.2) is 19.8 Å². The molecule has 1 aromatic carbocycles. The van der Waals surface area contributed by atoms with Gasteiger partial charge in [-0.25, -0.2) is 0 Å². The van der Waals surface area contributed by atoms with Crippen molar-refractivity contribution >= 4 is 22.0 Å². The zero-order valence-corrected chi connectivity index (χ0v) is 9.40. The van der Waals surface area contributed by atoms with E-state index in [9.17, 15) is 0 Å². The van der Waals surface area contributed by atoms with Crippen LogP contribution in [0, 0.1) is 6.92 Å². The molecule has 2 aromatic heterocycles. The summed E-state index contributed by atoms with van der Waals surface area (Å²) in [5, 5.41) is 13.1. The van der Waals surface area contributed by atoms with E-state index in [0.29, 0.717) is 0 Å². The molecule has 0 aliphatic rings. The second-order valence-corrected chi connectivity index (χ2v) is 4.50. The van der Waals surface area contributed by atoms with Crippen molar-refractivity contribution in [2.45, 2.75) is 6.92 Å². The van der Waals surface area contributed by atoms with Crippen LogP contribution in [0.15, 0.2) is 24.5 Å². The Morgan fingerprint density at radius 1 is 1.38 bits per heavy atom. The number of fused-ring (bicyclic) bond motifs is 1. The average Bonchev–Trinajstić information content (AvgIpc) is 2.76. The second-order valence-electron chi connectivity index (χ2n) is 3.54. The van der Waals surface area contributed by atoms with Crippen LogP contribution in [0.5, 0.6) is 0 Å². The van der Waals surface area contributed by atoms with Crippen molar-refractivity contribution < 1.29 is 0 Å². The number of hydrogen-bond donors (Lipinski definition) is 1. The Hall–Kier alpha value is -1.95. The van der Waals surface area contributed by atoms with Crippen LogP contribution in [0.3, 0.4) is 0 Å². The molecular weight excluding hydrogens is 222 g/mol. The van der Waals surface area contributed by atoms with Gasteiger partial charge in [0.25, 0.3) is 0 Å². The normalized spacial score (nSPS) is 11.1. The summed E-state index contributed by atoms with van der Waals surface area (Å²) in [4.78, 5) is 0.797. The molecule has 2 heterocycles. The lowest BCUT2D eigenvalue weighted by molar-refractivity contribution is 0.959. The maximum Gasteiger partial charge on any atom is 0.234 e. The van der Waals surface area contributed by atoms with Crippen molar-refractivity contribution in [2.24, 2.45) is 0 Å². The lowest BCUT2D eigenvalue weighted by Gasteiger charge is -2.02. The van der Waals surface area contributed by atoms with Crippen LogP contribution in [0.4, 0.5) is 5.69 Å². The van der Waals surface area contributed by atoms with E-state index in [1.807, 2.05) is 25.1 Å². The fourth-order valence-corrected chi connectivity index (χ4v) is 2.51. The highest BCUT2D eigenvalue weighted by Crippen LogP contribution is 2.28. The summed E-state index contributed by atoms with van der Waals surface area (Å²) in [7, 11) is 0. The number of aromatic nitrogens is 4. The van der Waals surface area contributed by atoms with E-state index in [0.717, 1.165) is 26.8 Å². The molecule has 0 aliphatic carbocycles. The van der Waals surface area contributed by atoms with Gasteiger partial charge in [0.15, 0.2) is 0 Å². The zero-order chi connectivity index (χ0) is 11.1. The van der Waals surface area contributed by atoms with Gasteiger partial charge < -0.3 is 5.73 Å². The van der Waals surface area contributed by atoms with Gasteiger partial charge in [-0.05, 0) is 30.7 Å². The molecule has 16 heavy (non-hydrogen) atoms. The van der Waals surface area contributed by atoms with Crippen molar-refractivity contribution in [3.63, 3.8) is 0 Å². The van der Waals surface area contributed by atoms with E-state index in [4.69, 9.17) is 5.73 Å². The van der Waals surface area contributed by atoms with Crippen molar-refractivity contribution in [1.29, 1.82) is 0 Å². The summed E-state index contributed by atoms with van der Waals surface area (Å²) in [6.45, 7) is 2.02. The SMILES string of the molecule is Cc1cc(N)ccc1-c1nn2cnnc2s1. The first-order valence-corrected chi connectivity index (χ1v) is 5.59. The average molecular weight is 231 g/mol. The standard InChI is InChI=1S/C10H9N5S/c1-6-4-7(11)2-3-8(6)9-14-15-5-12-13-10(15)16-9/h2-5H,11H2,1H3. The van der Waals surface area contributed by atoms with Crippen molar-refractivity contribution in [3.8, 4) is 10.6 Å². The number of nitrogens with zero attached hydrogens (tertiary/aromatic N) is 4. The first-order valence-electron chi connectivity index (χ1n) is 4.77. The zero-order valence-electron chi connectivity index (χ0n) is 8.58. The van der Waals surface area contributed by atoms with E-state index in [1.54, 1.807) is 10.8 Å². The smallest absolute Gasteiger partial charge is 0.234 e. The number of hydrogen-bond acceptors (Lipinski definition) is 5. The Morgan fingerprint density at radius 2 is 2.25 bits per heavy atom. The second kappa shape index (κ2) is 3.28. The van der Waals surface area contributed by atoms with Crippen molar-refractivity contribution in [1.82, 2.24) is 19.8 Å². The van der Waals surface area contributed by atoms with Gasteiger partial charge in [-0.15, -0.1) is 10.2 Å². The minimum Gasteiger partial charge on any atom is -0.399 e. The highest BCUT2D eigenvalue weighted by atomic mass is 32.1. The lowest BCUT2D eigenvalue weighted by atomic mass is 10.1. The minimum absolute atomic E-state index is 0.768. The molecule has 0 radical (unpaired) electrons. The number of nitrogens with two attached hydrogens (primary N) is 1. The quantitative estimate of drug-likeness (QED) is 0.648. The first-order chi connectivity index (χ1) is 7.74. The number of anilines is 1. The Balaban J connectivity index is 2.19. The number of benzene rings is 1. The number of nitrogen functional groups attached to an aromatic ring is 1. The molecule has 0 saturated carbocycles. The van der Waals surface area contributed by atoms with Gasteiger partial charge in [-0.3, -0.25) is 0 Å². The fourth-order valence-electron chi connectivity index (χ4n) is 1.60. The van der Waals surface area contributed by atoms with Crippen LogP contribution in [-0.2, 0) is 0 Å². The lowest BCUT2D eigenvalue weighted by Crippen LogP contribution is -1.89. The van der Waals surface area contributed by atoms with Gasteiger partial charge in [0.05, 0.1) is 0 Å². The molecule has 3 aromatic rings. The predicted octanol–water partition coefficient (Wildman–Crippen LogP) is 1.74. The number of aryl methyl sites for hydroxylation is 1. The van der Waals surface area contributed by atoms with E-state index in [2.05, 4.69) is 15.3 Å². The maximum absolute atomic E-state index is 5.72. The topological polar surface area (TPSA) is 69.1 Å². The molecule has 0 amide bonds. The molecule has 0 fully saturated rings. The van der Waals surface area contributed by atoms with E-state index in [-0.39, 0.29) is 0 Å². The molecular formula is C10H9N5S. The summed E-state index contributed by atoms with van der Waals surface area (Å²) in [6.07, 6.45) is 1.60. The number of rotatable bonds is 1. The van der Waals surface area contributed by atoms with Crippen LogP contribution in [0.25, 0.3) is 15.5 Å². The van der Waals surface area contributed by atoms with E-state index < -0.39 is 0 Å². The monoisotopic (exact) mass is 231 g/mol. The molecule has 0 aliphatic heterocycles. The van der Waals surface area contributed by atoms with E-state index >= 15 is 0 Å². The van der Waals surface area contributed by atoms with Gasteiger partial charge in [0, 0.05) is 11.3 Å². The summed E-state index contributed by atoms with van der Waals surface area (Å²) in [5.41, 5.74) is 8.69. The molecule has 80 valence electrons. The fraction of sp³-hybridized carbons (Fsp3) is 0.100. The third-order valence-electron chi connectivity index (χ3n) is 2.37. The Labute approximate surface area is 95.5 Å². The largest absolute Gasteiger partial charge is 0.399 e. The van der Waals surface area contributed by atoms with Crippen LogP contribution in [0.2, 0.25) is 0 Å². The molecule has 0 spiro atoms. The molecule has 6 heteroatoms. The maximum atomic E-state index is 5.72. The van der Waals surface area contributed by atoms with Crippen molar-refractivity contribution in [2.75, 3.05) is 5.73 Å². The predicted molar refractivity (Wildman–Crippen MR) is 63.2 cm³/mol. The molecule has 3 rings (SSSR count). The minimum atomic E-state index is 0.768. The van der Waals surface area contributed by atoms with E-state index in [1.165, 1.54) is 11.3 Å². The summed E-state index contributed by atoms with van der Waals surface area (Å²) in [6, 6.07) is 5.80. The summed E-state index contributed by atoms with van der Waals surface area (Å²) < 4.78 is 1.68. The molecule has 5 nitrogen and oxygen atoms in total. The third kappa shape index (κ3) is 1.35. The molecule has 2 N–H and O–H groups in total. The van der Waals surface area contributed by atoms with Gasteiger partial charge >= 0.3 is 0 Å². The van der Waals surface area contributed by atoms with Crippen LogP contribution in [0.1, 0.15) is 5.56 Å². The molecule has 0 unspecified atom stereocenters. The molecule has 0 atom stereocenters. The molecule has 0 saturated heterocycles. The van der Waals surface area contributed by atoms with Crippen molar-refractivity contribution in [3.05, 3.63) is 30.1 Å². The van der Waals surface area contributed by atoms with Gasteiger partial charge in [0.1, 0.15) is 11.3 Å². The van der Waals surface area contributed by atoms with Gasteiger partial charge in [0.2, 0.25) is 4.96 Å². The highest BCUT2D eigenvalue weighted by Gasteiger charge is 2.09. The van der Waals surface area contributed by atoms with Crippen LogP contribution >= 0.6 is 11.3 Å². The Kier molecular flexibility index (Phi) is 1.90. The Morgan fingerprint density at radius 3 is 3.00 bits per heavy atom. The third-order valence-corrected chi connectivity index (χ3v) is 3.31.